The number of aromatic amines is 1. The molecule has 104 valence electrons. The molecule has 0 bridgehead atoms. The molecule has 0 atom stereocenters. The summed E-state index contributed by atoms with van der Waals surface area (Å²) in [5.41, 5.74) is 5.24. The molecule has 0 spiro atoms. The largest absolute Gasteiger partial charge is 0.388 e. The third-order valence-electron chi connectivity index (χ3n) is 3.45. The van der Waals surface area contributed by atoms with Gasteiger partial charge in [0.1, 0.15) is 0 Å². The summed E-state index contributed by atoms with van der Waals surface area (Å²) < 4.78 is 0. The topological polar surface area (TPSA) is 68.7 Å². The lowest BCUT2D eigenvalue weighted by Crippen LogP contribution is -2.12. The van der Waals surface area contributed by atoms with E-state index in [1.807, 2.05) is 38.2 Å². The summed E-state index contributed by atoms with van der Waals surface area (Å²) in [7, 11) is 1.83. The van der Waals surface area contributed by atoms with Crippen LogP contribution in [0.1, 0.15) is 23.6 Å². The number of rotatable bonds is 4. The number of hydrogen-bond acceptors (Lipinski definition) is 3. The van der Waals surface area contributed by atoms with Crippen molar-refractivity contribution in [1.82, 2.24) is 4.98 Å². The summed E-state index contributed by atoms with van der Waals surface area (Å²) in [6.45, 7) is 3.88. The Labute approximate surface area is 118 Å². The second-order valence-corrected chi connectivity index (χ2v) is 4.73. The highest BCUT2D eigenvalue weighted by molar-refractivity contribution is 5.88. The van der Waals surface area contributed by atoms with Gasteiger partial charge in [-0.25, -0.2) is 0 Å². The van der Waals surface area contributed by atoms with E-state index in [0.29, 0.717) is 0 Å². The molecule has 4 heteroatoms. The van der Waals surface area contributed by atoms with Crippen LogP contribution in [0.3, 0.4) is 0 Å². The van der Waals surface area contributed by atoms with E-state index in [2.05, 4.69) is 17.2 Å². The van der Waals surface area contributed by atoms with Crippen LogP contribution in [-0.2, 0) is 6.42 Å². The van der Waals surface area contributed by atoms with Crippen LogP contribution in [-0.4, -0.2) is 18.2 Å². The first-order chi connectivity index (χ1) is 9.60. The second-order valence-electron chi connectivity index (χ2n) is 4.73. The fourth-order valence-corrected chi connectivity index (χ4v) is 2.29. The molecular weight excluding hydrogens is 250 g/mol. The van der Waals surface area contributed by atoms with Gasteiger partial charge in [0.25, 0.3) is 5.56 Å². The second kappa shape index (κ2) is 5.74. The predicted octanol–water partition coefficient (Wildman–Crippen LogP) is 2.95. The first kappa shape index (κ1) is 14.1. The van der Waals surface area contributed by atoms with Gasteiger partial charge >= 0.3 is 0 Å². The van der Waals surface area contributed by atoms with E-state index in [9.17, 15) is 4.79 Å². The zero-order valence-electron chi connectivity index (χ0n) is 12.0. The smallest absolute Gasteiger partial charge is 0.251 e. The quantitative estimate of drug-likeness (QED) is 0.747. The number of hydrogen-bond donors (Lipinski definition) is 3. The predicted molar refractivity (Wildman–Crippen MR) is 84.0 cm³/mol. The van der Waals surface area contributed by atoms with Crippen molar-refractivity contribution in [3.63, 3.8) is 0 Å². The zero-order valence-corrected chi connectivity index (χ0v) is 12.0. The minimum absolute atomic E-state index is 0.0636. The monoisotopic (exact) mass is 269 g/mol. The van der Waals surface area contributed by atoms with Crippen LogP contribution >= 0.6 is 0 Å². The Morgan fingerprint density at radius 2 is 2.10 bits per heavy atom. The molecule has 0 radical (unpaired) electrons. The maximum absolute atomic E-state index is 11.8. The van der Waals surface area contributed by atoms with Crippen molar-refractivity contribution in [3.05, 3.63) is 51.3 Å². The molecule has 1 heterocycles. The Morgan fingerprint density at radius 3 is 2.70 bits per heavy atom. The third kappa shape index (κ3) is 2.50. The molecule has 20 heavy (non-hydrogen) atoms. The molecule has 0 saturated heterocycles. The summed E-state index contributed by atoms with van der Waals surface area (Å²) in [5, 5.41) is 10.5. The average molecular weight is 269 g/mol. The first-order valence-electron chi connectivity index (χ1n) is 6.66. The molecule has 0 aliphatic heterocycles. The van der Waals surface area contributed by atoms with E-state index in [4.69, 9.17) is 5.41 Å². The molecule has 0 saturated carbocycles. The molecule has 0 aliphatic rings. The van der Waals surface area contributed by atoms with Gasteiger partial charge in [0, 0.05) is 30.1 Å². The van der Waals surface area contributed by atoms with Gasteiger partial charge in [-0.05, 0) is 42.7 Å². The van der Waals surface area contributed by atoms with Gasteiger partial charge in [0.2, 0.25) is 0 Å². The Morgan fingerprint density at radius 1 is 1.35 bits per heavy atom. The number of aromatic nitrogens is 1. The molecule has 1 aromatic heterocycles. The van der Waals surface area contributed by atoms with Crippen LogP contribution in [0.4, 0.5) is 5.69 Å². The van der Waals surface area contributed by atoms with E-state index in [0.717, 1.165) is 40.1 Å². The van der Waals surface area contributed by atoms with Crippen molar-refractivity contribution in [2.75, 3.05) is 12.4 Å². The van der Waals surface area contributed by atoms with Gasteiger partial charge in [-0.15, -0.1) is 0 Å². The summed E-state index contributed by atoms with van der Waals surface area (Å²) in [6.07, 6.45) is 2.16. The molecule has 0 amide bonds. The Balaban J connectivity index is 2.65. The highest BCUT2D eigenvalue weighted by Gasteiger charge is 2.09. The molecule has 0 fully saturated rings. The standard InChI is InChI=1S/C16H19N3O/c1-4-11-7-10(2)16(20)19-15(11)12-5-6-14(18-3)13(8-12)9-17/h5-9,17-18H,4H2,1-3H3,(H,19,20). The highest BCUT2D eigenvalue weighted by atomic mass is 16.1. The van der Waals surface area contributed by atoms with Crippen LogP contribution < -0.4 is 10.9 Å². The Bertz CT molecular complexity index is 701. The fraction of sp³-hybridized carbons (Fsp3) is 0.250. The van der Waals surface area contributed by atoms with E-state index in [1.54, 1.807) is 0 Å². The van der Waals surface area contributed by atoms with Crippen molar-refractivity contribution < 1.29 is 0 Å². The lowest BCUT2D eigenvalue weighted by atomic mass is 10.00. The lowest BCUT2D eigenvalue weighted by molar-refractivity contribution is 1.07. The van der Waals surface area contributed by atoms with E-state index in [-0.39, 0.29) is 5.56 Å². The Hall–Kier alpha value is -2.36. The van der Waals surface area contributed by atoms with Gasteiger partial charge in [-0.2, -0.15) is 0 Å². The third-order valence-corrected chi connectivity index (χ3v) is 3.45. The normalized spacial score (nSPS) is 10.3. The zero-order chi connectivity index (χ0) is 14.7. The molecule has 1 aromatic carbocycles. The number of H-pyrrole nitrogens is 1. The van der Waals surface area contributed by atoms with E-state index >= 15 is 0 Å². The first-order valence-corrected chi connectivity index (χ1v) is 6.66. The van der Waals surface area contributed by atoms with E-state index < -0.39 is 0 Å². The Kier molecular flexibility index (Phi) is 4.03. The maximum atomic E-state index is 11.8. The van der Waals surface area contributed by atoms with Crippen molar-refractivity contribution in [2.45, 2.75) is 20.3 Å². The summed E-state index contributed by atoms with van der Waals surface area (Å²) in [4.78, 5) is 14.8. The number of nitrogens with one attached hydrogen (secondary N) is 3. The average Bonchev–Trinajstić information content (AvgIpc) is 2.48. The van der Waals surface area contributed by atoms with Crippen molar-refractivity contribution in [1.29, 1.82) is 5.41 Å². The van der Waals surface area contributed by atoms with Crippen LogP contribution in [0.5, 0.6) is 0 Å². The van der Waals surface area contributed by atoms with Crippen molar-refractivity contribution >= 4 is 11.9 Å². The van der Waals surface area contributed by atoms with Crippen LogP contribution in [0.15, 0.2) is 29.1 Å². The fourth-order valence-electron chi connectivity index (χ4n) is 2.29. The molecular formula is C16H19N3O. The highest BCUT2D eigenvalue weighted by Crippen LogP contribution is 2.25. The van der Waals surface area contributed by atoms with Crippen LogP contribution in [0, 0.1) is 12.3 Å². The summed E-state index contributed by atoms with van der Waals surface area (Å²) >= 11 is 0. The molecule has 2 aromatic rings. The molecule has 0 unspecified atom stereocenters. The molecule has 0 aliphatic carbocycles. The van der Waals surface area contributed by atoms with E-state index in [1.165, 1.54) is 6.21 Å². The number of aryl methyl sites for hydroxylation is 2. The SMILES string of the molecule is CCc1cc(C)c(=O)[nH]c1-c1ccc(NC)c(C=N)c1. The molecule has 4 nitrogen and oxygen atoms in total. The lowest BCUT2D eigenvalue weighted by Gasteiger charge is -2.12. The van der Waals surface area contributed by atoms with Crippen LogP contribution in [0.25, 0.3) is 11.3 Å². The van der Waals surface area contributed by atoms with Crippen LogP contribution in [0.2, 0.25) is 0 Å². The van der Waals surface area contributed by atoms with Crippen molar-refractivity contribution in [3.8, 4) is 11.3 Å². The van der Waals surface area contributed by atoms with Crippen molar-refractivity contribution in [2.24, 2.45) is 0 Å². The maximum Gasteiger partial charge on any atom is 0.251 e. The summed E-state index contributed by atoms with van der Waals surface area (Å²) in [6, 6.07) is 7.73. The van der Waals surface area contributed by atoms with Gasteiger partial charge in [-0.3, -0.25) is 4.79 Å². The van der Waals surface area contributed by atoms with Gasteiger partial charge in [0.05, 0.1) is 5.69 Å². The summed E-state index contributed by atoms with van der Waals surface area (Å²) in [5.74, 6) is 0. The molecule has 2 rings (SSSR count). The number of anilines is 1. The number of pyridine rings is 1. The van der Waals surface area contributed by atoms with Gasteiger partial charge in [-0.1, -0.05) is 13.0 Å². The van der Waals surface area contributed by atoms with Gasteiger partial charge in [0.15, 0.2) is 0 Å². The minimum atomic E-state index is -0.0636. The minimum Gasteiger partial charge on any atom is -0.388 e. The number of benzene rings is 1. The van der Waals surface area contributed by atoms with Gasteiger partial charge < -0.3 is 15.7 Å². The molecule has 3 N–H and O–H groups in total.